The number of hydrogen-bond acceptors (Lipinski definition) is 6. The van der Waals surface area contributed by atoms with Crippen LogP contribution in [0.15, 0.2) is 18.2 Å². The molecule has 2 rings (SSSR count). The molecule has 1 aromatic carbocycles. The Morgan fingerprint density at radius 2 is 1.66 bits per heavy atom. The Bertz CT molecular complexity index is 863. The third-order valence-corrected chi connectivity index (χ3v) is 5.91. The summed E-state index contributed by atoms with van der Waals surface area (Å²) in [6.45, 7) is 11.4. The highest BCUT2D eigenvalue weighted by atomic mass is 16.5. The number of benzene rings is 1. The van der Waals surface area contributed by atoms with Gasteiger partial charge in [0.25, 0.3) is 5.91 Å². The first-order valence-electron chi connectivity index (χ1n) is 12.4. The molecule has 1 aromatic rings. The Labute approximate surface area is 209 Å². The predicted octanol–water partition coefficient (Wildman–Crippen LogP) is 2.16. The standard InChI is InChI=1S/C26H42N4O5/c1-7-34-21-10-9-20(15-22(21)35-8-2)25(33)27-16-23(31)30-13-11-19(12-14-30)24(32)28-17-26(3,4)18-29(5)6/h9-10,15,19H,7-8,11-14,16-18H2,1-6H3,(H,27,33)(H,28,32). The SMILES string of the molecule is CCOc1ccc(C(=O)NCC(=O)N2CCC(C(=O)NCC(C)(C)CN(C)C)CC2)cc1OCC. The normalized spacial score (nSPS) is 14.5. The number of piperidine rings is 1. The van der Waals surface area contributed by atoms with Crippen molar-refractivity contribution in [2.45, 2.75) is 40.5 Å². The van der Waals surface area contributed by atoms with Crippen LogP contribution in [0.3, 0.4) is 0 Å². The lowest BCUT2D eigenvalue weighted by atomic mass is 9.91. The van der Waals surface area contributed by atoms with Crippen molar-refractivity contribution in [2.75, 3.05) is 60.0 Å². The first-order valence-corrected chi connectivity index (χ1v) is 12.4. The summed E-state index contributed by atoms with van der Waals surface area (Å²) in [6, 6.07) is 4.97. The highest BCUT2D eigenvalue weighted by molar-refractivity contribution is 5.97. The van der Waals surface area contributed by atoms with E-state index < -0.39 is 0 Å². The summed E-state index contributed by atoms with van der Waals surface area (Å²) in [7, 11) is 4.05. The molecular formula is C26H42N4O5. The summed E-state index contributed by atoms with van der Waals surface area (Å²) in [5.41, 5.74) is 0.387. The summed E-state index contributed by atoms with van der Waals surface area (Å²) < 4.78 is 11.1. The van der Waals surface area contributed by atoms with Crippen LogP contribution in [-0.2, 0) is 9.59 Å². The van der Waals surface area contributed by atoms with E-state index in [1.165, 1.54) is 0 Å². The fourth-order valence-electron chi connectivity index (χ4n) is 4.34. The maximum Gasteiger partial charge on any atom is 0.251 e. The van der Waals surface area contributed by atoms with Gasteiger partial charge in [0.2, 0.25) is 11.8 Å². The second-order valence-electron chi connectivity index (χ2n) is 9.99. The molecule has 1 fully saturated rings. The molecule has 1 saturated heterocycles. The zero-order valence-corrected chi connectivity index (χ0v) is 22.1. The van der Waals surface area contributed by atoms with E-state index in [0.717, 1.165) is 6.54 Å². The van der Waals surface area contributed by atoms with E-state index in [-0.39, 0.29) is 35.6 Å². The number of carbonyl (C=O) groups is 3. The Kier molecular flexibility index (Phi) is 10.8. The topological polar surface area (TPSA) is 100 Å². The van der Waals surface area contributed by atoms with Gasteiger partial charge >= 0.3 is 0 Å². The van der Waals surface area contributed by atoms with E-state index in [1.54, 1.807) is 23.1 Å². The van der Waals surface area contributed by atoms with Crippen molar-refractivity contribution >= 4 is 17.7 Å². The van der Waals surface area contributed by atoms with Gasteiger partial charge < -0.3 is 29.9 Å². The van der Waals surface area contributed by atoms with Crippen LogP contribution >= 0.6 is 0 Å². The first-order chi connectivity index (χ1) is 16.6. The van der Waals surface area contributed by atoms with Crippen LogP contribution in [-0.4, -0.2) is 87.6 Å². The van der Waals surface area contributed by atoms with Gasteiger partial charge in [0, 0.05) is 37.7 Å². The molecule has 0 unspecified atom stereocenters. The zero-order valence-electron chi connectivity index (χ0n) is 22.1. The van der Waals surface area contributed by atoms with Crippen LogP contribution in [0.4, 0.5) is 0 Å². The number of nitrogens with one attached hydrogen (secondary N) is 2. The Morgan fingerprint density at radius 3 is 2.26 bits per heavy atom. The molecule has 0 bridgehead atoms. The molecule has 3 amide bonds. The van der Waals surface area contributed by atoms with Crippen LogP contribution < -0.4 is 20.1 Å². The lowest BCUT2D eigenvalue weighted by Gasteiger charge is -2.33. The maximum absolute atomic E-state index is 12.6. The summed E-state index contributed by atoms with van der Waals surface area (Å²) in [5.74, 6) is 0.536. The summed E-state index contributed by atoms with van der Waals surface area (Å²) >= 11 is 0. The number of likely N-dealkylation sites (tertiary alicyclic amines) is 1. The van der Waals surface area contributed by atoms with E-state index >= 15 is 0 Å². The molecule has 2 N–H and O–H groups in total. The first kappa shape index (κ1) is 28.4. The van der Waals surface area contributed by atoms with Gasteiger partial charge in [-0.15, -0.1) is 0 Å². The lowest BCUT2D eigenvalue weighted by Crippen LogP contribution is -2.47. The second kappa shape index (κ2) is 13.3. The van der Waals surface area contributed by atoms with Gasteiger partial charge in [-0.1, -0.05) is 13.8 Å². The van der Waals surface area contributed by atoms with Crippen LogP contribution in [0.1, 0.15) is 50.9 Å². The molecule has 1 aliphatic heterocycles. The molecule has 1 heterocycles. The largest absolute Gasteiger partial charge is 0.490 e. The minimum Gasteiger partial charge on any atom is -0.490 e. The van der Waals surface area contributed by atoms with Crippen molar-refractivity contribution in [1.29, 1.82) is 0 Å². The third kappa shape index (κ3) is 9.05. The van der Waals surface area contributed by atoms with Crippen LogP contribution in [0.5, 0.6) is 11.5 Å². The van der Waals surface area contributed by atoms with Gasteiger partial charge in [0.15, 0.2) is 11.5 Å². The van der Waals surface area contributed by atoms with Crippen LogP contribution in [0.25, 0.3) is 0 Å². The van der Waals surface area contributed by atoms with Crippen molar-refractivity contribution in [1.82, 2.24) is 20.4 Å². The van der Waals surface area contributed by atoms with Gasteiger partial charge in [-0.2, -0.15) is 0 Å². The molecule has 196 valence electrons. The van der Waals surface area contributed by atoms with E-state index in [9.17, 15) is 14.4 Å². The molecule has 9 nitrogen and oxygen atoms in total. The van der Waals surface area contributed by atoms with E-state index in [1.807, 2.05) is 27.9 Å². The number of ether oxygens (including phenoxy) is 2. The summed E-state index contributed by atoms with van der Waals surface area (Å²) in [4.78, 5) is 41.7. The Hall–Kier alpha value is -2.81. The van der Waals surface area contributed by atoms with E-state index in [0.29, 0.717) is 62.8 Å². The molecule has 9 heteroatoms. The molecule has 0 atom stereocenters. The van der Waals surface area contributed by atoms with Crippen molar-refractivity contribution in [3.05, 3.63) is 23.8 Å². The Balaban J connectivity index is 1.80. The predicted molar refractivity (Wildman–Crippen MR) is 136 cm³/mol. The van der Waals surface area contributed by atoms with Crippen LogP contribution in [0, 0.1) is 11.3 Å². The molecule has 35 heavy (non-hydrogen) atoms. The maximum atomic E-state index is 12.6. The zero-order chi connectivity index (χ0) is 26.0. The fraction of sp³-hybridized carbons (Fsp3) is 0.654. The molecular weight excluding hydrogens is 448 g/mol. The van der Waals surface area contributed by atoms with Gasteiger partial charge in [0.1, 0.15) is 0 Å². The monoisotopic (exact) mass is 490 g/mol. The molecule has 1 aliphatic rings. The molecule has 0 aliphatic carbocycles. The average molecular weight is 491 g/mol. The number of rotatable bonds is 12. The number of carbonyl (C=O) groups excluding carboxylic acids is 3. The second-order valence-corrected chi connectivity index (χ2v) is 9.99. The lowest BCUT2D eigenvalue weighted by molar-refractivity contribution is -0.134. The average Bonchev–Trinajstić information content (AvgIpc) is 2.81. The molecule has 0 aromatic heterocycles. The molecule has 0 radical (unpaired) electrons. The van der Waals surface area contributed by atoms with Crippen molar-refractivity contribution in [3.63, 3.8) is 0 Å². The van der Waals surface area contributed by atoms with Crippen molar-refractivity contribution in [2.24, 2.45) is 11.3 Å². The number of amides is 3. The Morgan fingerprint density at radius 1 is 1.03 bits per heavy atom. The minimum absolute atomic E-state index is 0.0131. The number of nitrogens with zero attached hydrogens (tertiary/aromatic N) is 2. The highest BCUT2D eigenvalue weighted by Crippen LogP contribution is 2.28. The molecule has 0 saturated carbocycles. The minimum atomic E-state index is -0.350. The van der Waals surface area contributed by atoms with Crippen molar-refractivity contribution < 1.29 is 23.9 Å². The summed E-state index contributed by atoms with van der Waals surface area (Å²) in [6.07, 6.45) is 1.24. The van der Waals surface area contributed by atoms with Gasteiger partial charge in [-0.3, -0.25) is 14.4 Å². The van der Waals surface area contributed by atoms with Gasteiger partial charge in [-0.25, -0.2) is 0 Å². The van der Waals surface area contributed by atoms with E-state index in [2.05, 4.69) is 29.4 Å². The van der Waals surface area contributed by atoms with E-state index in [4.69, 9.17) is 9.47 Å². The highest BCUT2D eigenvalue weighted by Gasteiger charge is 2.29. The van der Waals surface area contributed by atoms with Gasteiger partial charge in [-0.05, 0) is 64.4 Å². The molecule has 0 spiro atoms. The van der Waals surface area contributed by atoms with Crippen LogP contribution in [0.2, 0.25) is 0 Å². The summed E-state index contributed by atoms with van der Waals surface area (Å²) in [5, 5.41) is 5.77. The smallest absolute Gasteiger partial charge is 0.251 e. The van der Waals surface area contributed by atoms with Gasteiger partial charge in [0.05, 0.1) is 19.8 Å². The number of hydrogen-bond donors (Lipinski definition) is 2. The quantitative estimate of drug-likeness (QED) is 0.466. The third-order valence-electron chi connectivity index (χ3n) is 5.91. The van der Waals surface area contributed by atoms with Crippen molar-refractivity contribution in [3.8, 4) is 11.5 Å². The fourth-order valence-corrected chi connectivity index (χ4v) is 4.34.